The topological polar surface area (TPSA) is 142 Å². The molecule has 0 aliphatic carbocycles. The molecule has 3 N–H and O–H groups in total. The summed E-state index contributed by atoms with van der Waals surface area (Å²) in [6, 6.07) is 10.0. The molecule has 0 radical (unpaired) electrons. The molecule has 10 heteroatoms. The largest absolute Gasteiger partial charge is 0.478 e. The second-order valence-electron chi connectivity index (χ2n) is 7.73. The van der Waals surface area contributed by atoms with E-state index in [1.165, 1.54) is 25.9 Å². The van der Waals surface area contributed by atoms with Crippen molar-refractivity contribution < 1.29 is 24.5 Å². The van der Waals surface area contributed by atoms with Crippen LogP contribution in [0, 0.1) is 5.92 Å². The first kappa shape index (κ1) is 21.4. The van der Waals surface area contributed by atoms with Gasteiger partial charge < -0.3 is 14.9 Å². The van der Waals surface area contributed by atoms with E-state index in [2.05, 4.69) is 31.4 Å². The molecule has 3 aliphatic heterocycles. The summed E-state index contributed by atoms with van der Waals surface area (Å²) < 4.78 is 6.11. The number of fused-ring (bicyclic) bond motifs is 4. The summed E-state index contributed by atoms with van der Waals surface area (Å²) in [6.45, 7) is 3.45. The number of aromatic nitrogens is 4. The van der Waals surface area contributed by atoms with Crippen molar-refractivity contribution in [1.29, 1.82) is 0 Å². The highest BCUT2D eigenvalue weighted by molar-refractivity contribution is 5.89. The number of carboxylic acid groups (broad SMARTS) is 2. The van der Waals surface area contributed by atoms with Gasteiger partial charge in [0.2, 0.25) is 5.88 Å². The molecule has 0 amide bonds. The summed E-state index contributed by atoms with van der Waals surface area (Å²) in [5.41, 5.74) is 2.90. The van der Waals surface area contributed by atoms with Crippen molar-refractivity contribution in [2.75, 3.05) is 19.6 Å². The molecule has 6 rings (SSSR count). The van der Waals surface area contributed by atoms with E-state index < -0.39 is 11.9 Å². The lowest BCUT2D eigenvalue weighted by Gasteiger charge is -2.44. The Morgan fingerprint density at radius 1 is 1.06 bits per heavy atom. The molecule has 10 nitrogen and oxygen atoms in total. The van der Waals surface area contributed by atoms with Gasteiger partial charge in [-0.2, -0.15) is 5.10 Å². The Kier molecular flexibility index (Phi) is 6.41. The van der Waals surface area contributed by atoms with Gasteiger partial charge in [0, 0.05) is 35.7 Å². The van der Waals surface area contributed by atoms with E-state index in [0.717, 1.165) is 28.7 Å². The van der Waals surface area contributed by atoms with Gasteiger partial charge in [0.05, 0.1) is 17.4 Å². The number of hydrogen-bond donors (Lipinski definition) is 3. The molecule has 3 fully saturated rings. The zero-order valence-corrected chi connectivity index (χ0v) is 17.2. The summed E-state index contributed by atoms with van der Waals surface area (Å²) in [7, 11) is 0. The summed E-state index contributed by atoms with van der Waals surface area (Å²) in [4.78, 5) is 21.6. The van der Waals surface area contributed by atoms with Crippen molar-refractivity contribution in [3.05, 3.63) is 48.7 Å². The Hall–Kier alpha value is -3.79. The van der Waals surface area contributed by atoms with Crippen molar-refractivity contribution in [3.63, 3.8) is 0 Å². The number of carbonyl (C=O) groups is 2. The Labute approximate surface area is 183 Å². The van der Waals surface area contributed by atoms with Gasteiger partial charge in [-0.05, 0) is 50.0 Å². The number of nitrogens with one attached hydrogen (secondary N) is 1. The lowest BCUT2D eigenvalue weighted by molar-refractivity contribution is -0.134. The number of ether oxygens (including phenoxy) is 1. The lowest BCUT2D eigenvalue weighted by atomic mass is 9.86. The summed E-state index contributed by atoms with van der Waals surface area (Å²) in [6.07, 6.45) is 5.67. The number of nitrogens with zero attached hydrogens (tertiary/aromatic N) is 4. The van der Waals surface area contributed by atoms with E-state index in [4.69, 9.17) is 14.9 Å². The van der Waals surface area contributed by atoms with Crippen molar-refractivity contribution in [2.45, 2.75) is 18.9 Å². The van der Waals surface area contributed by atoms with Crippen LogP contribution in [-0.4, -0.2) is 73.2 Å². The number of benzene rings is 1. The van der Waals surface area contributed by atoms with E-state index in [9.17, 15) is 9.59 Å². The molecule has 2 bridgehead atoms. The normalized spacial score (nSPS) is 21.8. The van der Waals surface area contributed by atoms with Gasteiger partial charge in [0.15, 0.2) is 0 Å². The lowest BCUT2D eigenvalue weighted by Crippen LogP contribution is -2.52. The molecule has 3 aromatic rings. The minimum Gasteiger partial charge on any atom is -0.478 e. The highest BCUT2D eigenvalue weighted by Gasteiger charge is 2.35. The number of rotatable bonds is 5. The Balaban J connectivity index is 0.000000265. The predicted octanol–water partition coefficient (Wildman–Crippen LogP) is 2.20. The molecular weight excluding hydrogens is 414 g/mol. The maximum absolute atomic E-state index is 9.55. The van der Waals surface area contributed by atoms with Crippen molar-refractivity contribution >= 4 is 22.8 Å². The third-order valence-corrected chi connectivity index (χ3v) is 5.61. The fourth-order valence-electron chi connectivity index (χ4n) is 3.98. The van der Waals surface area contributed by atoms with E-state index in [0.29, 0.717) is 23.9 Å². The second kappa shape index (κ2) is 9.56. The Bertz CT molecular complexity index is 1100. The number of hydrogen-bond acceptors (Lipinski definition) is 7. The molecule has 32 heavy (non-hydrogen) atoms. The maximum atomic E-state index is 9.55. The highest BCUT2D eigenvalue weighted by Crippen LogP contribution is 2.30. The first-order valence-corrected chi connectivity index (χ1v) is 10.3. The molecule has 0 spiro atoms. The van der Waals surface area contributed by atoms with Gasteiger partial charge in [0.1, 0.15) is 6.10 Å². The zero-order chi connectivity index (χ0) is 22.5. The van der Waals surface area contributed by atoms with Crippen molar-refractivity contribution in [1.82, 2.24) is 25.3 Å². The standard InChI is InChI=1S/C18H19N5O.C4H4O4/c1-2-16-14(10-19-20-16)9-13(1)15-3-4-18(22-21-15)24-17-11-23-7-5-12(17)6-8-23;5-3(6)1-2-4(7)8/h1-4,9-10,12,17H,5-8,11H2,(H,19,20);1-2H,(H,5,6)(H,7,8)/b;2-1+/t17-;/m0./s1. The molecule has 3 aliphatic rings. The van der Waals surface area contributed by atoms with Crippen LogP contribution in [0.3, 0.4) is 0 Å². The number of aliphatic carboxylic acids is 2. The zero-order valence-electron chi connectivity index (χ0n) is 17.2. The maximum Gasteiger partial charge on any atom is 0.328 e. The molecule has 0 unspecified atom stereocenters. The summed E-state index contributed by atoms with van der Waals surface area (Å²) in [5.74, 6) is -1.22. The average Bonchev–Trinajstić information content (AvgIpc) is 3.27. The van der Waals surface area contributed by atoms with Crippen LogP contribution in [-0.2, 0) is 9.59 Å². The fraction of sp³-hybridized carbons (Fsp3) is 0.318. The smallest absolute Gasteiger partial charge is 0.328 e. The minimum absolute atomic E-state index is 0.259. The monoisotopic (exact) mass is 437 g/mol. The number of H-pyrrole nitrogens is 1. The SMILES string of the molecule is O=C(O)/C=C/C(=O)O.c1cc2[nH]ncc2cc1-c1ccc(O[C@H]2CN3CCC2CC3)nn1. The van der Waals surface area contributed by atoms with Crippen molar-refractivity contribution in [3.8, 4) is 17.1 Å². The van der Waals surface area contributed by atoms with Crippen LogP contribution in [0.25, 0.3) is 22.2 Å². The number of piperidine rings is 3. The van der Waals surface area contributed by atoms with Gasteiger partial charge >= 0.3 is 11.9 Å². The van der Waals surface area contributed by atoms with Crippen LogP contribution in [0.15, 0.2) is 48.7 Å². The van der Waals surface area contributed by atoms with Crippen LogP contribution < -0.4 is 4.74 Å². The van der Waals surface area contributed by atoms with E-state index >= 15 is 0 Å². The molecule has 0 saturated carbocycles. The molecule has 5 heterocycles. The first-order valence-electron chi connectivity index (χ1n) is 10.3. The van der Waals surface area contributed by atoms with Gasteiger partial charge in [-0.3, -0.25) is 10.00 Å². The van der Waals surface area contributed by atoms with Crippen LogP contribution in [0.2, 0.25) is 0 Å². The molecule has 2 aromatic heterocycles. The Morgan fingerprint density at radius 2 is 1.81 bits per heavy atom. The Morgan fingerprint density at radius 3 is 2.41 bits per heavy atom. The summed E-state index contributed by atoms with van der Waals surface area (Å²) in [5, 5.41) is 32.3. The van der Waals surface area contributed by atoms with Crippen LogP contribution in [0.5, 0.6) is 5.88 Å². The molecule has 3 saturated heterocycles. The second-order valence-corrected chi connectivity index (χ2v) is 7.73. The third-order valence-electron chi connectivity index (χ3n) is 5.61. The highest BCUT2D eigenvalue weighted by atomic mass is 16.5. The molecule has 1 atom stereocenters. The van der Waals surface area contributed by atoms with Gasteiger partial charge in [-0.15, -0.1) is 10.2 Å². The first-order chi connectivity index (χ1) is 15.5. The third kappa shape index (κ3) is 5.27. The molecule has 1 aromatic carbocycles. The number of aromatic amines is 1. The quantitative estimate of drug-likeness (QED) is 0.512. The number of carboxylic acids is 2. The molecule has 166 valence electrons. The predicted molar refractivity (Wildman–Crippen MR) is 115 cm³/mol. The van der Waals surface area contributed by atoms with Crippen LogP contribution >= 0.6 is 0 Å². The van der Waals surface area contributed by atoms with E-state index in [-0.39, 0.29) is 6.10 Å². The fourth-order valence-corrected chi connectivity index (χ4v) is 3.98. The average molecular weight is 437 g/mol. The molecular formula is C22H23N5O5. The van der Waals surface area contributed by atoms with Crippen LogP contribution in [0.4, 0.5) is 0 Å². The van der Waals surface area contributed by atoms with Gasteiger partial charge in [-0.25, -0.2) is 9.59 Å². The van der Waals surface area contributed by atoms with E-state index in [1.807, 2.05) is 30.5 Å². The van der Waals surface area contributed by atoms with Gasteiger partial charge in [-0.1, -0.05) is 6.07 Å². The van der Waals surface area contributed by atoms with Crippen LogP contribution in [0.1, 0.15) is 12.8 Å². The van der Waals surface area contributed by atoms with Gasteiger partial charge in [0.25, 0.3) is 0 Å². The van der Waals surface area contributed by atoms with E-state index in [1.54, 1.807) is 0 Å². The summed E-state index contributed by atoms with van der Waals surface area (Å²) >= 11 is 0. The minimum atomic E-state index is -1.26. The van der Waals surface area contributed by atoms with Crippen molar-refractivity contribution in [2.24, 2.45) is 5.92 Å².